The fraction of sp³-hybridized carbons (Fsp3) is 0.263. The predicted molar refractivity (Wildman–Crippen MR) is 101 cm³/mol. The van der Waals surface area contributed by atoms with Gasteiger partial charge in [0.15, 0.2) is 6.04 Å². The zero-order valence-corrected chi connectivity index (χ0v) is 15.9. The molecule has 0 aliphatic heterocycles. The van der Waals surface area contributed by atoms with Crippen molar-refractivity contribution in [1.29, 1.82) is 0 Å². The molecule has 0 saturated heterocycles. The quantitative estimate of drug-likeness (QED) is 0.637. The maximum Gasteiger partial charge on any atom is 0.330 e. The zero-order valence-electron chi connectivity index (χ0n) is 15.1. The van der Waals surface area contributed by atoms with Crippen molar-refractivity contribution in [2.24, 2.45) is 0 Å². The van der Waals surface area contributed by atoms with E-state index in [-0.39, 0.29) is 17.9 Å². The number of benzene rings is 2. The number of carbonyl (C=O) groups is 2. The van der Waals surface area contributed by atoms with Crippen molar-refractivity contribution < 1.29 is 23.1 Å². The van der Waals surface area contributed by atoms with Gasteiger partial charge >= 0.3 is 5.97 Å². The molecule has 7 nitrogen and oxygen atoms in total. The van der Waals surface area contributed by atoms with E-state index in [0.717, 1.165) is 11.1 Å². The largest absolute Gasteiger partial charge is 0.479 e. The van der Waals surface area contributed by atoms with Gasteiger partial charge in [0.05, 0.1) is 4.90 Å². The van der Waals surface area contributed by atoms with Crippen molar-refractivity contribution in [2.45, 2.75) is 31.2 Å². The lowest BCUT2D eigenvalue weighted by molar-refractivity contribution is -0.142. The molecule has 0 aromatic heterocycles. The van der Waals surface area contributed by atoms with E-state index >= 15 is 0 Å². The number of aryl methyl sites for hydroxylation is 1. The average molecular weight is 390 g/mol. The number of carboxylic acids is 1. The van der Waals surface area contributed by atoms with Crippen molar-refractivity contribution in [3.63, 3.8) is 0 Å². The van der Waals surface area contributed by atoms with Gasteiger partial charge in [0.2, 0.25) is 15.9 Å². The maximum atomic E-state index is 12.1. The van der Waals surface area contributed by atoms with E-state index < -0.39 is 27.9 Å². The summed E-state index contributed by atoms with van der Waals surface area (Å²) in [4.78, 5) is 23.8. The third-order valence-electron chi connectivity index (χ3n) is 4.21. The van der Waals surface area contributed by atoms with Crippen LogP contribution in [0.25, 0.3) is 0 Å². The number of carboxylic acid groups (broad SMARTS) is 1. The molecule has 0 spiro atoms. The van der Waals surface area contributed by atoms with Crippen LogP contribution < -0.4 is 10.0 Å². The minimum absolute atomic E-state index is 0.101. The van der Waals surface area contributed by atoms with Gasteiger partial charge in [0.1, 0.15) is 0 Å². The topological polar surface area (TPSA) is 113 Å². The summed E-state index contributed by atoms with van der Waals surface area (Å²) in [6, 6.07) is 11.8. The number of sulfonamides is 1. The number of hydrogen-bond donors (Lipinski definition) is 3. The van der Waals surface area contributed by atoms with E-state index in [2.05, 4.69) is 10.0 Å². The second-order valence-electron chi connectivity index (χ2n) is 6.09. The standard InChI is InChI=1S/C19H22N2O5S/c1-13-7-6-10-16(14(13)2)18(19(23)24)21-17(22)11-12-20-27(25,26)15-8-4-3-5-9-15/h3-10,18,20H,11-12H2,1-2H3,(H,21,22)(H,23,24). The Morgan fingerprint density at radius 1 is 1.04 bits per heavy atom. The van der Waals surface area contributed by atoms with Crippen LogP contribution in [0.2, 0.25) is 0 Å². The molecule has 0 bridgehead atoms. The molecular formula is C19H22N2O5S. The highest BCUT2D eigenvalue weighted by Crippen LogP contribution is 2.21. The molecular weight excluding hydrogens is 368 g/mol. The zero-order chi connectivity index (χ0) is 20.0. The van der Waals surface area contributed by atoms with Crippen LogP contribution in [0.1, 0.15) is 29.2 Å². The smallest absolute Gasteiger partial charge is 0.330 e. The van der Waals surface area contributed by atoms with E-state index in [1.54, 1.807) is 37.3 Å². The Bertz CT molecular complexity index is 926. The Labute approximate surface area is 158 Å². The fourth-order valence-electron chi connectivity index (χ4n) is 2.57. The van der Waals surface area contributed by atoms with Crippen LogP contribution in [0.4, 0.5) is 0 Å². The van der Waals surface area contributed by atoms with E-state index in [4.69, 9.17) is 0 Å². The molecule has 1 atom stereocenters. The lowest BCUT2D eigenvalue weighted by atomic mass is 9.97. The predicted octanol–water partition coefficient (Wildman–Crippen LogP) is 1.91. The van der Waals surface area contributed by atoms with Gasteiger partial charge in [-0.05, 0) is 42.7 Å². The molecule has 2 aromatic rings. The molecule has 3 N–H and O–H groups in total. The molecule has 0 aliphatic carbocycles. The molecule has 2 rings (SSSR count). The first-order valence-electron chi connectivity index (χ1n) is 8.35. The van der Waals surface area contributed by atoms with Crippen molar-refractivity contribution in [3.05, 3.63) is 65.2 Å². The number of rotatable bonds is 8. The Morgan fingerprint density at radius 3 is 2.33 bits per heavy atom. The number of hydrogen-bond acceptors (Lipinski definition) is 4. The molecule has 0 fully saturated rings. The third kappa shape index (κ3) is 5.38. The van der Waals surface area contributed by atoms with Gasteiger partial charge in [-0.1, -0.05) is 36.4 Å². The van der Waals surface area contributed by atoms with E-state index in [9.17, 15) is 23.1 Å². The minimum atomic E-state index is -3.71. The van der Waals surface area contributed by atoms with E-state index in [1.165, 1.54) is 12.1 Å². The Kier molecular flexibility index (Phi) is 6.70. The van der Waals surface area contributed by atoms with Crippen molar-refractivity contribution in [1.82, 2.24) is 10.0 Å². The van der Waals surface area contributed by atoms with E-state index in [1.807, 2.05) is 13.0 Å². The van der Waals surface area contributed by atoms with Crippen molar-refractivity contribution in [3.8, 4) is 0 Å². The van der Waals surface area contributed by atoms with Crippen molar-refractivity contribution in [2.75, 3.05) is 6.54 Å². The monoisotopic (exact) mass is 390 g/mol. The Morgan fingerprint density at radius 2 is 1.70 bits per heavy atom. The minimum Gasteiger partial charge on any atom is -0.479 e. The normalized spacial score (nSPS) is 12.4. The summed E-state index contributed by atoms with van der Waals surface area (Å²) in [5.74, 6) is -1.74. The highest BCUT2D eigenvalue weighted by Gasteiger charge is 2.24. The molecule has 0 radical (unpaired) electrons. The van der Waals surface area contributed by atoms with Crippen LogP contribution in [0.3, 0.4) is 0 Å². The summed E-state index contributed by atoms with van der Waals surface area (Å²) >= 11 is 0. The summed E-state index contributed by atoms with van der Waals surface area (Å²) in [6.07, 6.45) is -0.180. The van der Waals surface area contributed by atoms with Gasteiger partial charge in [-0.2, -0.15) is 0 Å². The first kappa shape index (κ1) is 20.6. The summed E-state index contributed by atoms with van der Waals surface area (Å²) in [7, 11) is -3.71. The summed E-state index contributed by atoms with van der Waals surface area (Å²) < 4.78 is 26.6. The maximum absolute atomic E-state index is 12.1. The number of aliphatic carboxylic acids is 1. The van der Waals surface area contributed by atoms with Crippen LogP contribution >= 0.6 is 0 Å². The highest BCUT2D eigenvalue weighted by molar-refractivity contribution is 7.89. The summed E-state index contributed by atoms with van der Waals surface area (Å²) in [5.41, 5.74) is 2.21. The third-order valence-corrected chi connectivity index (χ3v) is 5.68. The second-order valence-corrected chi connectivity index (χ2v) is 7.86. The first-order chi connectivity index (χ1) is 12.7. The first-order valence-corrected chi connectivity index (χ1v) is 9.83. The molecule has 27 heavy (non-hydrogen) atoms. The number of nitrogens with one attached hydrogen (secondary N) is 2. The van der Waals surface area contributed by atoms with Crippen molar-refractivity contribution >= 4 is 21.9 Å². The lowest BCUT2D eigenvalue weighted by Crippen LogP contribution is -2.36. The van der Waals surface area contributed by atoms with Gasteiger partial charge in [-0.3, -0.25) is 4.79 Å². The highest BCUT2D eigenvalue weighted by atomic mass is 32.2. The van der Waals surface area contributed by atoms with Gasteiger partial charge in [-0.25, -0.2) is 17.9 Å². The summed E-state index contributed by atoms with van der Waals surface area (Å²) in [5, 5.41) is 11.9. The van der Waals surface area contributed by atoms with E-state index in [0.29, 0.717) is 5.56 Å². The second kappa shape index (κ2) is 8.79. The number of carbonyl (C=O) groups excluding carboxylic acids is 1. The van der Waals surface area contributed by atoms with Crippen LogP contribution in [0, 0.1) is 13.8 Å². The lowest BCUT2D eigenvalue weighted by Gasteiger charge is -2.18. The summed E-state index contributed by atoms with van der Waals surface area (Å²) in [6.45, 7) is 3.51. The van der Waals surface area contributed by atoms with Crippen LogP contribution in [0.5, 0.6) is 0 Å². The Balaban J connectivity index is 1.99. The van der Waals surface area contributed by atoms with Crippen LogP contribution in [-0.2, 0) is 19.6 Å². The molecule has 0 aliphatic rings. The SMILES string of the molecule is Cc1cccc(C(NC(=O)CCNS(=O)(=O)c2ccccc2)C(=O)O)c1C. The molecule has 1 amide bonds. The van der Waals surface area contributed by atoms with Crippen LogP contribution in [-0.4, -0.2) is 31.9 Å². The molecule has 0 heterocycles. The average Bonchev–Trinajstić information content (AvgIpc) is 2.63. The molecule has 1 unspecified atom stereocenters. The fourth-order valence-corrected chi connectivity index (χ4v) is 3.63. The van der Waals surface area contributed by atoms with Gasteiger partial charge in [-0.15, -0.1) is 0 Å². The van der Waals surface area contributed by atoms with Gasteiger partial charge < -0.3 is 10.4 Å². The molecule has 0 saturated carbocycles. The Hall–Kier alpha value is -2.71. The van der Waals surface area contributed by atoms with Gasteiger partial charge in [0.25, 0.3) is 0 Å². The number of amides is 1. The molecule has 2 aromatic carbocycles. The van der Waals surface area contributed by atoms with Crippen LogP contribution in [0.15, 0.2) is 53.4 Å². The molecule has 144 valence electrons. The molecule has 8 heteroatoms. The van der Waals surface area contributed by atoms with Gasteiger partial charge in [0, 0.05) is 13.0 Å².